The maximum atomic E-state index is 5.73. The molecule has 9 aliphatic rings. The molecule has 24 heteroatoms. The number of nitrogens with one attached hydrogen (secondary N) is 2. The number of likely N-dealkylation sites (N-methyl/N-ethyl adjacent to an activating group) is 1. The molecule has 4 aromatic rings. The molecule has 2 N–H and O–H groups in total. The van der Waals surface area contributed by atoms with E-state index in [0.717, 1.165) is 135 Å². The number of hydrogen-bond acceptors (Lipinski definition) is 21. The molecule has 135 heavy (non-hydrogen) atoms. The molecule has 2 atom stereocenters. The Bertz CT molecular complexity index is 3810. The lowest BCUT2D eigenvalue weighted by Gasteiger charge is -2.49. The minimum Gasteiger partial charge on any atom is -0.383 e. The average molecular weight is 1890 g/mol. The van der Waals surface area contributed by atoms with E-state index in [2.05, 4.69) is 406 Å². The Balaban J connectivity index is 0.000000268. The van der Waals surface area contributed by atoms with Crippen molar-refractivity contribution in [3.05, 3.63) is 72.0 Å². The number of methoxy groups -OCH3 is 1. The minimum absolute atomic E-state index is 0.0183. The number of anilines is 1. The molecular weight excluding hydrogens is 1680 g/mol. The third kappa shape index (κ3) is 35.4. The van der Waals surface area contributed by atoms with Crippen LogP contribution in [0.3, 0.4) is 0 Å². The van der Waals surface area contributed by atoms with Crippen LogP contribution in [0, 0.1) is 65.6 Å². The van der Waals surface area contributed by atoms with Crippen LogP contribution < -0.4 is 10.6 Å². The lowest BCUT2D eigenvalue weighted by Crippen LogP contribution is -2.61. The van der Waals surface area contributed by atoms with Crippen molar-refractivity contribution in [1.29, 1.82) is 0 Å². The highest BCUT2D eigenvalue weighted by Gasteiger charge is 2.43. The first kappa shape index (κ1) is 121. The topological polar surface area (TPSA) is 167 Å². The van der Waals surface area contributed by atoms with Gasteiger partial charge in [0, 0.05) is 252 Å². The summed E-state index contributed by atoms with van der Waals surface area (Å²) in [5.74, 6) is 10.5. The highest BCUT2D eigenvalue weighted by Crippen LogP contribution is 2.37. The predicted octanol–water partition coefficient (Wildman–Crippen LogP) is 19.3. The number of morpholine rings is 1. The SMILES string of the molecule is CC(C)C(C)(C)N1CCN(C2COC2)CC1.CC(C)C(C)(C)N1CCOC(C)(C)C1.CC(C)C(C)(C)N1CCn2ccnc2C1.CC(C)C(C)(C)N1CCn2cncc2C1.CC1CN(C(C)(C)C(C)C)CC(C)N1.CCN1CCN(C(C)(C)C(C)C)CC1.CNc1cc(CC(C)(C)C(C)C)ccn1.COCCN1CCN(C(C)(C)C(C)C)CC1.Cc1nnc2n1CCN(C(C)(C)C(C)C)C2. The maximum Gasteiger partial charge on any atom is 0.147 e. The third-order valence-electron chi connectivity index (χ3n) is 35.8. The summed E-state index contributed by atoms with van der Waals surface area (Å²) in [6.45, 7) is 131. The van der Waals surface area contributed by atoms with Crippen LogP contribution in [0.1, 0.15) is 313 Å². The molecule has 784 valence electrons. The lowest BCUT2D eigenvalue weighted by molar-refractivity contribution is -0.118. The molecule has 0 bridgehead atoms. The van der Waals surface area contributed by atoms with Crippen LogP contribution in [0.5, 0.6) is 0 Å². The number of imidazole rings is 2. The fourth-order valence-electron chi connectivity index (χ4n) is 18.3. The van der Waals surface area contributed by atoms with Gasteiger partial charge in [-0.2, -0.15) is 0 Å². The van der Waals surface area contributed by atoms with E-state index < -0.39 is 0 Å². The number of ether oxygens (including phenoxy) is 3. The van der Waals surface area contributed by atoms with Gasteiger partial charge in [0.25, 0.3) is 0 Å². The van der Waals surface area contributed by atoms with Gasteiger partial charge < -0.3 is 43.4 Å². The van der Waals surface area contributed by atoms with Gasteiger partial charge in [-0.05, 0) is 235 Å². The second kappa shape index (κ2) is 53.5. The quantitative estimate of drug-likeness (QED) is 0.0642. The number of rotatable bonds is 25. The van der Waals surface area contributed by atoms with Crippen molar-refractivity contribution in [2.24, 2.45) is 58.7 Å². The minimum atomic E-state index is 0.0183. The molecule has 0 radical (unpaired) electrons. The first-order chi connectivity index (χ1) is 62.5. The van der Waals surface area contributed by atoms with Crippen molar-refractivity contribution >= 4 is 5.82 Å². The van der Waals surface area contributed by atoms with Crippen LogP contribution in [0.25, 0.3) is 0 Å². The van der Waals surface area contributed by atoms with E-state index >= 15 is 0 Å². The van der Waals surface area contributed by atoms with E-state index in [1.54, 1.807) is 7.11 Å². The smallest absolute Gasteiger partial charge is 0.147 e. The summed E-state index contributed by atoms with van der Waals surface area (Å²) in [6.07, 6.45) is 10.9. The van der Waals surface area contributed by atoms with Crippen LogP contribution in [0.4, 0.5) is 5.82 Å². The van der Waals surface area contributed by atoms with Crippen LogP contribution in [0.15, 0.2) is 43.2 Å². The largest absolute Gasteiger partial charge is 0.383 e. The number of nitrogens with zero attached hydrogens (tertiary/aromatic N) is 19. The average Bonchev–Trinajstić information content (AvgIpc) is 1.66. The summed E-state index contributed by atoms with van der Waals surface area (Å²) in [6, 6.07) is 6.19. The van der Waals surface area contributed by atoms with Gasteiger partial charge in [-0.1, -0.05) is 145 Å². The normalized spacial score (nSPS) is 21.0. The van der Waals surface area contributed by atoms with Crippen LogP contribution in [-0.4, -0.2) is 339 Å². The van der Waals surface area contributed by atoms with Gasteiger partial charge in [-0.25, -0.2) is 15.0 Å². The number of hydrogen-bond donors (Lipinski definition) is 2. The van der Waals surface area contributed by atoms with Gasteiger partial charge in [0.15, 0.2) is 0 Å². The van der Waals surface area contributed by atoms with Crippen molar-refractivity contribution < 1.29 is 14.2 Å². The Kier molecular flexibility index (Phi) is 48.1. The summed E-state index contributed by atoms with van der Waals surface area (Å²) in [4.78, 5) is 41.2. The van der Waals surface area contributed by atoms with Crippen molar-refractivity contribution in [3.8, 4) is 0 Å². The van der Waals surface area contributed by atoms with Crippen LogP contribution >= 0.6 is 0 Å². The zero-order valence-corrected chi connectivity index (χ0v) is 96.3. The Morgan fingerprint density at radius 3 is 1.31 bits per heavy atom. The fourth-order valence-corrected chi connectivity index (χ4v) is 18.3. The summed E-state index contributed by atoms with van der Waals surface area (Å²) in [5.41, 5.74) is 5.44. The highest BCUT2D eigenvalue weighted by atomic mass is 16.5. The number of aryl methyl sites for hydroxylation is 1. The number of piperazine rings is 4. The molecule has 6 saturated heterocycles. The Labute approximate surface area is 831 Å². The summed E-state index contributed by atoms with van der Waals surface area (Å²) in [7, 11) is 3.68. The second-order valence-corrected chi connectivity index (χ2v) is 49.6. The van der Waals surface area contributed by atoms with Crippen molar-refractivity contribution in [3.63, 3.8) is 0 Å². The predicted molar refractivity (Wildman–Crippen MR) is 574 cm³/mol. The molecule has 0 amide bonds. The lowest BCUT2D eigenvalue weighted by atomic mass is 9.76. The van der Waals surface area contributed by atoms with Gasteiger partial charge in [-0.3, -0.25) is 49.0 Å². The van der Waals surface area contributed by atoms with Crippen molar-refractivity contribution in [1.82, 2.24) is 98.1 Å². The molecule has 0 spiro atoms. The van der Waals surface area contributed by atoms with Gasteiger partial charge in [0.05, 0.1) is 63.2 Å². The van der Waals surface area contributed by atoms with Crippen LogP contribution in [0.2, 0.25) is 0 Å². The second-order valence-electron chi connectivity index (χ2n) is 49.6. The Morgan fingerprint density at radius 1 is 0.467 bits per heavy atom. The van der Waals surface area contributed by atoms with E-state index in [0.29, 0.717) is 93.0 Å². The molecule has 13 heterocycles. The number of pyridine rings is 1. The maximum absolute atomic E-state index is 5.73. The molecule has 9 aliphatic heterocycles. The van der Waals surface area contributed by atoms with E-state index in [1.165, 1.54) is 115 Å². The van der Waals surface area contributed by atoms with E-state index in [1.807, 2.05) is 38.9 Å². The molecule has 0 saturated carbocycles. The van der Waals surface area contributed by atoms with E-state index in [4.69, 9.17) is 14.2 Å². The van der Waals surface area contributed by atoms with E-state index in [-0.39, 0.29) is 27.8 Å². The summed E-state index contributed by atoms with van der Waals surface area (Å²) >= 11 is 0. The molecule has 2 unspecified atom stereocenters. The van der Waals surface area contributed by atoms with E-state index in [9.17, 15) is 0 Å². The Hall–Kier alpha value is -4.09. The molecule has 4 aromatic heterocycles. The summed E-state index contributed by atoms with van der Waals surface area (Å²) < 4.78 is 22.9. The van der Waals surface area contributed by atoms with Crippen LogP contribution in [-0.2, 0) is 59.9 Å². The zero-order valence-electron chi connectivity index (χ0n) is 96.3. The molecular formula is C111H217N21O3. The monoisotopic (exact) mass is 1890 g/mol. The van der Waals surface area contributed by atoms with Gasteiger partial charge in [-0.15, -0.1) is 10.2 Å². The molecule has 0 aliphatic carbocycles. The third-order valence-corrected chi connectivity index (χ3v) is 35.8. The first-order valence-electron chi connectivity index (χ1n) is 53.6. The van der Waals surface area contributed by atoms with Gasteiger partial charge in [0.2, 0.25) is 0 Å². The van der Waals surface area contributed by atoms with Gasteiger partial charge >= 0.3 is 0 Å². The number of aromatic nitrogens is 8. The zero-order chi connectivity index (χ0) is 102. The van der Waals surface area contributed by atoms with Crippen molar-refractivity contribution in [2.75, 3.05) is 183 Å². The Morgan fingerprint density at radius 2 is 0.881 bits per heavy atom. The van der Waals surface area contributed by atoms with Gasteiger partial charge in [0.1, 0.15) is 23.3 Å². The first-order valence-corrected chi connectivity index (χ1v) is 53.6. The number of fused-ring (bicyclic) bond motifs is 3. The standard InChI is InChI=1S/C13H26N2O.C13H28N2O.C13H22N2.C12H22N4.2C12H21N3.2C12H26N2.C12H25NO/c1-11(2)13(3,4)15-7-5-14(6-8-15)12-9-16-10-12;1-12(2)13(3,4)15-8-6-14(7-9-15)10-11-16-5;1-10(2)13(3,4)9-11-6-7-15-12(8-11)14-5;1-9(2)12(4,5)15-6-7-16-10(3)13-14-11(16)8-15;1-10(2)12(3,4)15-6-5-14-9-13-7-11(14)8-15;1-10(2)12(3,4)15-8-7-14-6-5-13-11(14)9-15;1-9(2)12(5,6)14-7-10(3)13-11(4)8-14;1-6-13-7-9-14(10-8-13)12(4,5)11(2)3;1-10(2)12(5,6)13-7-8-14-11(3,4)9-13/h11-12H,5-10H2,1-4H3;12H,6-11H2,1-5H3;6-8,10H,9H2,1-5H3,(H,14,15);9H,6-8H2,1-5H3;7,9-10H,5-6,8H2,1-4H3;5-6,10H,7-9H2,1-4H3;9-11,13H,7-8H2,1-6H3;11H,6-10H2,1-5H3;10H,7-9H2,1-6H3. The molecule has 0 aromatic carbocycles. The molecule has 13 rings (SSSR count). The van der Waals surface area contributed by atoms with Crippen molar-refractivity contribution in [2.45, 2.75) is 405 Å². The molecule has 6 fully saturated rings. The summed E-state index contributed by atoms with van der Waals surface area (Å²) in [5, 5.41) is 15.0. The molecule has 24 nitrogen and oxygen atoms in total. The highest BCUT2D eigenvalue weighted by molar-refractivity contribution is 5.37. The fraction of sp³-hybridized carbons (Fsp3) is 0.883.